The van der Waals surface area contributed by atoms with Gasteiger partial charge in [0.25, 0.3) is 5.91 Å². The summed E-state index contributed by atoms with van der Waals surface area (Å²) in [6, 6.07) is 6.76. The van der Waals surface area contributed by atoms with E-state index in [-0.39, 0.29) is 10.6 Å². The van der Waals surface area contributed by atoms with Crippen molar-refractivity contribution in [1.82, 2.24) is 0 Å². The van der Waals surface area contributed by atoms with Crippen molar-refractivity contribution in [3.05, 3.63) is 44.6 Å². The highest BCUT2D eigenvalue weighted by Crippen LogP contribution is 2.38. The summed E-state index contributed by atoms with van der Waals surface area (Å²) < 4.78 is 16.4. The van der Waals surface area contributed by atoms with Crippen molar-refractivity contribution in [3.8, 4) is 11.5 Å². The van der Waals surface area contributed by atoms with Gasteiger partial charge in [-0.2, -0.15) is 0 Å². The third-order valence-electron chi connectivity index (χ3n) is 2.98. The number of hydrogen-bond donors (Lipinski definition) is 1. The van der Waals surface area contributed by atoms with Gasteiger partial charge in [0.05, 0.1) is 14.2 Å². The fourth-order valence-electron chi connectivity index (χ4n) is 1.89. The summed E-state index contributed by atoms with van der Waals surface area (Å²) >= 11 is 4.40. The highest BCUT2D eigenvalue weighted by Gasteiger charge is 2.27. The first-order chi connectivity index (χ1) is 11.0. The molecular formula is C15H14BrNO5S. The Labute approximate surface area is 145 Å². The molecule has 2 rings (SSSR count). The number of nitrogens with two attached hydrogens (primary N) is 1. The number of thiophene rings is 1. The first kappa shape index (κ1) is 17.3. The van der Waals surface area contributed by atoms with E-state index in [1.165, 1.54) is 14.2 Å². The molecule has 8 heteroatoms. The van der Waals surface area contributed by atoms with Crippen LogP contribution in [0.3, 0.4) is 0 Å². The maximum absolute atomic E-state index is 12.3. The molecule has 1 unspecified atom stereocenters. The number of carbonyl (C=O) groups excluding carboxylic acids is 2. The number of amides is 1. The lowest BCUT2D eigenvalue weighted by Gasteiger charge is -2.15. The molecule has 1 heterocycles. The Hall–Kier alpha value is -2.06. The van der Waals surface area contributed by atoms with Crippen molar-refractivity contribution in [2.45, 2.75) is 6.10 Å². The third kappa shape index (κ3) is 3.83. The summed E-state index contributed by atoms with van der Waals surface area (Å²) in [5, 5.41) is 1.62. The average molecular weight is 400 g/mol. The lowest BCUT2D eigenvalue weighted by atomic mass is 10.1. The third-order valence-corrected chi connectivity index (χ3v) is 4.43. The molecule has 0 radical (unpaired) electrons. The van der Waals surface area contributed by atoms with Crippen LogP contribution in [0.1, 0.15) is 21.3 Å². The second kappa shape index (κ2) is 7.47. The summed E-state index contributed by atoms with van der Waals surface area (Å²) in [6.07, 6.45) is -1.19. The fourth-order valence-corrected chi connectivity index (χ4v) is 3.02. The summed E-state index contributed by atoms with van der Waals surface area (Å²) in [7, 11) is 2.88. The van der Waals surface area contributed by atoms with Crippen molar-refractivity contribution in [1.29, 1.82) is 0 Å². The number of primary amides is 1. The lowest BCUT2D eigenvalue weighted by Crippen LogP contribution is -2.26. The van der Waals surface area contributed by atoms with Gasteiger partial charge in [-0.1, -0.05) is 28.1 Å². The molecule has 0 aliphatic rings. The number of ether oxygens (including phenoxy) is 3. The highest BCUT2D eigenvalue weighted by molar-refractivity contribution is 9.10. The minimum atomic E-state index is -1.19. The Morgan fingerprint density at radius 1 is 1.17 bits per heavy atom. The average Bonchev–Trinajstić information content (AvgIpc) is 2.96. The van der Waals surface area contributed by atoms with Crippen LogP contribution in [0.5, 0.6) is 11.5 Å². The molecule has 0 aliphatic carbocycles. The summed E-state index contributed by atoms with van der Waals surface area (Å²) in [6.45, 7) is 0. The van der Waals surface area contributed by atoms with E-state index in [1.54, 1.807) is 29.6 Å². The zero-order chi connectivity index (χ0) is 17.0. The highest BCUT2D eigenvalue weighted by atomic mass is 79.9. The number of benzene rings is 1. The molecule has 0 spiro atoms. The molecule has 1 aromatic heterocycles. The van der Waals surface area contributed by atoms with E-state index in [2.05, 4.69) is 15.9 Å². The Balaban J connectivity index is 2.27. The molecule has 2 N–H and O–H groups in total. The second-order valence-corrected chi connectivity index (χ2v) is 6.20. The van der Waals surface area contributed by atoms with Crippen LogP contribution in [-0.4, -0.2) is 26.1 Å². The number of halogens is 1. The number of methoxy groups -OCH3 is 2. The Kier molecular flexibility index (Phi) is 5.62. The maximum Gasteiger partial charge on any atom is 0.353 e. The van der Waals surface area contributed by atoms with Gasteiger partial charge < -0.3 is 19.9 Å². The van der Waals surface area contributed by atoms with Gasteiger partial charge in [-0.25, -0.2) is 4.79 Å². The van der Waals surface area contributed by atoms with Crippen LogP contribution < -0.4 is 15.2 Å². The van der Waals surface area contributed by atoms with Gasteiger partial charge >= 0.3 is 5.97 Å². The first-order valence-corrected chi connectivity index (χ1v) is 8.10. The monoisotopic (exact) mass is 399 g/mol. The smallest absolute Gasteiger partial charge is 0.353 e. The minimum Gasteiger partial charge on any atom is -0.492 e. The lowest BCUT2D eigenvalue weighted by molar-refractivity contribution is -0.127. The molecule has 1 aromatic carbocycles. The minimum absolute atomic E-state index is 0.202. The Morgan fingerprint density at radius 2 is 1.83 bits per heavy atom. The molecule has 23 heavy (non-hydrogen) atoms. The van der Waals surface area contributed by atoms with Gasteiger partial charge in [0.15, 0.2) is 16.4 Å². The maximum atomic E-state index is 12.3. The van der Waals surface area contributed by atoms with Crippen LogP contribution in [0, 0.1) is 0 Å². The molecule has 2 aromatic rings. The molecule has 0 saturated carbocycles. The molecule has 0 aliphatic heterocycles. The Bertz CT molecular complexity index is 713. The van der Waals surface area contributed by atoms with E-state index in [9.17, 15) is 9.59 Å². The van der Waals surface area contributed by atoms with E-state index in [4.69, 9.17) is 19.9 Å². The SMILES string of the molecule is COc1csc(C(=O)OC(C(N)=O)c2ccc(Br)cc2)c1OC. The fraction of sp³-hybridized carbons (Fsp3) is 0.200. The molecular weight excluding hydrogens is 386 g/mol. The molecule has 122 valence electrons. The molecule has 0 saturated heterocycles. The molecule has 1 atom stereocenters. The molecule has 0 fully saturated rings. The van der Waals surface area contributed by atoms with Crippen molar-refractivity contribution in [3.63, 3.8) is 0 Å². The van der Waals surface area contributed by atoms with E-state index in [0.717, 1.165) is 15.8 Å². The van der Waals surface area contributed by atoms with Gasteiger partial charge in [-0.15, -0.1) is 11.3 Å². The van der Waals surface area contributed by atoms with Crippen molar-refractivity contribution in [2.75, 3.05) is 14.2 Å². The van der Waals surface area contributed by atoms with Crippen molar-refractivity contribution in [2.24, 2.45) is 5.73 Å². The van der Waals surface area contributed by atoms with E-state index < -0.39 is 18.0 Å². The standard InChI is InChI=1S/C15H14BrNO5S/c1-20-10-7-23-13(12(10)21-2)15(19)22-11(14(17)18)8-3-5-9(16)6-4-8/h3-7,11H,1-2H3,(H2,17,18). The van der Waals surface area contributed by atoms with E-state index in [1.807, 2.05) is 0 Å². The Morgan fingerprint density at radius 3 is 2.35 bits per heavy atom. The zero-order valence-corrected chi connectivity index (χ0v) is 14.8. The van der Waals surface area contributed by atoms with Crippen molar-refractivity contribution >= 4 is 39.1 Å². The number of rotatable bonds is 6. The van der Waals surface area contributed by atoms with Gasteiger partial charge in [-0.05, 0) is 12.1 Å². The van der Waals surface area contributed by atoms with Gasteiger partial charge in [-0.3, -0.25) is 4.79 Å². The number of carbonyl (C=O) groups is 2. The van der Waals surface area contributed by atoms with Crippen LogP contribution in [-0.2, 0) is 9.53 Å². The molecule has 0 bridgehead atoms. The first-order valence-electron chi connectivity index (χ1n) is 6.43. The molecule has 1 amide bonds. The summed E-state index contributed by atoms with van der Waals surface area (Å²) in [5.74, 6) is -0.782. The predicted octanol–water partition coefficient (Wildman–Crippen LogP) is 2.91. The van der Waals surface area contributed by atoms with Gasteiger partial charge in [0.1, 0.15) is 0 Å². The van der Waals surface area contributed by atoms with E-state index >= 15 is 0 Å². The van der Waals surface area contributed by atoms with Gasteiger partial charge in [0, 0.05) is 15.4 Å². The number of esters is 1. The normalized spacial score (nSPS) is 11.6. The van der Waals surface area contributed by atoms with Crippen LogP contribution in [0.25, 0.3) is 0 Å². The second-order valence-electron chi connectivity index (χ2n) is 4.41. The topological polar surface area (TPSA) is 87.9 Å². The van der Waals surface area contributed by atoms with E-state index in [0.29, 0.717) is 11.3 Å². The summed E-state index contributed by atoms with van der Waals surface area (Å²) in [5.41, 5.74) is 5.84. The van der Waals surface area contributed by atoms with Gasteiger partial charge in [0.2, 0.25) is 6.10 Å². The largest absolute Gasteiger partial charge is 0.492 e. The van der Waals surface area contributed by atoms with Crippen LogP contribution >= 0.6 is 27.3 Å². The zero-order valence-electron chi connectivity index (χ0n) is 12.4. The molecule has 6 nitrogen and oxygen atoms in total. The van der Waals surface area contributed by atoms with Crippen LogP contribution in [0.4, 0.5) is 0 Å². The number of hydrogen-bond acceptors (Lipinski definition) is 6. The van der Waals surface area contributed by atoms with Crippen molar-refractivity contribution < 1.29 is 23.8 Å². The summed E-state index contributed by atoms with van der Waals surface area (Å²) in [4.78, 5) is 24.2. The quantitative estimate of drug-likeness (QED) is 0.754. The van der Waals surface area contributed by atoms with Crippen LogP contribution in [0.2, 0.25) is 0 Å². The van der Waals surface area contributed by atoms with Crippen LogP contribution in [0.15, 0.2) is 34.1 Å². The predicted molar refractivity (Wildman–Crippen MR) is 88.9 cm³/mol.